The van der Waals surface area contributed by atoms with Crippen LogP contribution in [0.25, 0.3) is 0 Å². The maximum atomic E-state index is 9.17. The fraction of sp³-hybridized carbons (Fsp3) is 1.00. The molecule has 0 aliphatic heterocycles. The molecule has 3 unspecified atom stereocenters. The maximum absolute atomic E-state index is 9.17. The predicted molar refractivity (Wildman–Crippen MR) is 43.3 cm³/mol. The van der Waals surface area contributed by atoms with E-state index < -0.39 is 35.2 Å². The second-order valence-electron chi connectivity index (χ2n) is 2.85. The van der Waals surface area contributed by atoms with Crippen LogP contribution in [0.1, 0.15) is 0 Å². The second kappa shape index (κ2) is 3.65. The second-order valence-corrected chi connectivity index (χ2v) is 3.86. The lowest BCUT2D eigenvalue weighted by Crippen LogP contribution is -2.60. The zero-order valence-electron chi connectivity index (χ0n) is 6.01. The molecular weight excluding hydrogens is 207 g/mol. The van der Waals surface area contributed by atoms with E-state index in [0.717, 1.165) is 0 Å². The van der Waals surface area contributed by atoms with Crippen molar-refractivity contribution in [1.29, 1.82) is 0 Å². The first-order chi connectivity index (χ1) is 5.46. The highest BCUT2D eigenvalue weighted by Gasteiger charge is 2.47. The summed E-state index contributed by atoms with van der Waals surface area (Å²) in [6, 6.07) is 0. The van der Waals surface area contributed by atoms with E-state index in [9.17, 15) is 0 Å². The van der Waals surface area contributed by atoms with Gasteiger partial charge in [0.05, 0.1) is 10.8 Å². The fourth-order valence-electron chi connectivity index (χ4n) is 1.16. The molecule has 12 heavy (non-hydrogen) atoms. The van der Waals surface area contributed by atoms with Crippen LogP contribution in [0.2, 0.25) is 0 Å². The first-order valence-corrected chi connectivity index (χ1v) is 4.34. The van der Waals surface area contributed by atoms with Crippen LogP contribution < -0.4 is 0 Å². The van der Waals surface area contributed by atoms with E-state index in [-0.39, 0.29) is 0 Å². The monoisotopic (exact) mass is 216 g/mol. The summed E-state index contributed by atoms with van der Waals surface area (Å²) in [5, 5.41) is 34.6. The summed E-state index contributed by atoms with van der Waals surface area (Å²) in [6.45, 7) is 0. The fourth-order valence-corrected chi connectivity index (χ4v) is 1.75. The summed E-state index contributed by atoms with van der Waals surface area (Å²) in [7, 11) is 0. The Balaban J connectivity index is 2.76. The summed E-state index contributed by atoms with van der Waals surface area (Å²) in [4.78, 5) is 0. The summed E-state index contributed by atoms with van der Waals surface area (Å²) in [5.74, 6) is 0. The third-order valence-corrected chi connectivity index (χ3v) is 3.19. The van der Waals surface area contributed by atoms with Crippen LogP contribution in [0.4, 0.5) is 0 Å². The standard InChI is InChI=1S/C6H10Cl2O4/c7-1-2(8)4(10)6(12)5(11)3(1)9/h1-6,9-12H/t1-,2?,3?,4?,5+,6-/m1/s1. The van der Waals surface area contributed by atoms with Crippen LogP contribution in [0.5, 0.6) is 0 Å². The molecule has 1 aliphatic carbocycles. The minimum Gasteiger partial charge on any atom is -0.389 e. The summed E-state index contributed by atoms with van der Waals surface area (Å²) < 4.78 is 0. The van der Waals surface area contributed by atoms with Gasteiger partial charge in [-0.25, -0.2) is 0 Å². The van der Waals surface area contributed by atoms with E-state index in [1.807, 2.05) is 0 Å². The van der Waals surface area contributed by atoms with Gasteiger partial charge in [0.25, 0.3) is 0 Å². The van der Waals surface area contributed by atoms with Crippen molar-refractivity contribution in [3.63, 3.8) is 0 Å². The van der Waals surface area contributed by atoms with Gasteiger partial charge < -0.3 is 20.4 Å². The van der Waals surface area contributed by atoms with Crippen molar-refractivity contribution in [2.75, 3.05) is 0 Å². The van der Waals surface area contributed by atoms with Gasteiger partial charge in [0.1, 0.15) is 24.4 Å². The van der Waals surface area contributed by atoms with Gasteiger partial charge in [-0.2, -0.15) is 0 Å². The van der Waals surface area contributed by atoms with Crippen LogP contribution >= 0.6 is 23.2 Å². The third-order valence-electron chi connectivity index (χ3n) is 2.01. The average Bonchev–Trinajstić information content (AvgIpc) is 2.08. The molecule has 1 saturated carbocycles. The van der Waals surface area contributed by atoms with Gasteiger partial charge in [0.15, 0.2) is 0 Å². The van der Waals surface area contributed by atoms with Gasteiger partial charge in [-0.3, -0.25) is 0 Å². The van der Waals surface area contributed by atoms with Crippen molar-refractivity contribution in [2.45, 2.75) is 35.2 Å². The average molecular weight is 217 g/mol. The van der Waals surface area contributed by atoms with Gasteiger partial charge in [-0.05, 0) is 0 Å². The Kier molecular flexibility index (Phi) is 3.20. The highest BCUT2D eigenvalue weighted by Crippen LogP contribution is 2.28. The number of aliphatic hydroxyl groups is 4. The zero-order valence-corrected chi connectivity index (χ0v) is 7.52. The van der Waals surface area contributed by atoms with Gasteiger partial charge in [0.2, 0.25) is 0 Å². The zero-order chi connectivity index (χ0) is 9.46. The molecule has 0 spiro atoms. The molecule has 72 valence electrons. The third kappa shape index (κ3) is 1.55. The number of hydrogen-bond acceptors (Lipinski definition) is 4. The van der Waals surface area contributed by atoms with E-state index in [4.69, 9.17) is 43.6 Å². The van der Waals surface area contributed by atoms with Crippen molar-refractivity contribution in [2.24, 2.45) is 0 Å². The van der Waals surface area contributed by atoms with E-state index in [1.165, 1.54) is 0 Å². The lowest BCUT2D eigenvalue weighted by atomic mass is 9.89. The Morgan fingerprint density at radius 1 is 0.583 bits per heavy atom. The van der Waals surface area contributed by atoms with Gasteiger partial charge in [0, 0.05) is 0 Å². The number of aliphatic hydroxyl groups excluding tert-OH is 4. The van der Waals surface area contributed by atoms with Gasteiger partial charge >= 0.3 is 0 Å². The lowest BCUT2D eigenvalue weighted by Gasteiger charge is -2.38. The van der Waals surface area contributed by atoms with Crippen LogP contribution in [0.15, 0.2) is 0 Å². The Morgan fingerprint density at radius 3 is 1.08 bits per heavy atom. The minimum absolute atomic E-state index is 0.958. The molecule has 0 bridgehead atoms. The van der Waals surface area contributed by atoms with Gasteiger partial charge in [-0.1, -0.05) is 0 Å². The number of halogens is 2. The van der Waals surface area contributed by atoms with Crippen molar-refractivity contribution in [3.05, 3.63) is 0 Å². The Labute approximate surface area is 79.3 Å². The van der Waals surface area contributed by atoms with E-state index in [0.29, 0.717) is 0 Å². The number of hydrogen-bond donors (Lipinski definition) is 4. The van der Waals surface area contributed by atoms with Gasteiger partial charge in [-0.15, -0.1) is 23.2 Å². The van der Waals surface area contributed by atoms with Crippen molar-refractivity contribution < 1.29 is 20.4 Å². The molecule has 4 nitrogen and oxygen atoms in total. The molecule has 0 amide bonds. The Hall–Kier alpha value is 0.420. The number of alkyl halides is 2. The molecule has 1 aliphatic rings. The lowest BCUT2D eigenvalue weighted by molar-refractivity contribution is -0.131. The van der Waals surface area contributed by atoms with Crippen molar-refractivity contribution >= 4 is 23.2 Å². The SMILES string of the molecule is OC1C(Cl)[C@@H](Cl)C(O)[C@H](O)[C@@H]1O. The van der Waals surface area contributed by atoms with Crippen molar-refractivity contribution in [1.82, 2.24) is 0 Å². The molecule has 6 heteroatoms. The Bertz CT molecular complexity index is 109. The quantitative estimate of drug-likeness (QED) is 0.378. The molecule has 6 atom stereocenters. The largest absolute Gasteiger partial charge is 0.389 e. The molecule has 0 heterocycles. The molecule has 0 aromatic carbocycles. The smallest absolute Gasteiger partial charge is 0.110 e. The molecule has 1 fully saturated rings. The van der Waals surface area contributed by atoms with Crippen LogP contribution in [0.3, 0.4) is 0 Å². The molecule has 0 radical (unpaired) electrons. The topological polar surface area (TPSA) is 80.9 Å². The molecule has 0 aromatic rings. The normalized spacial score (nSPS) is 55.5. The first-order valence-electron chi connectivity index (χ1n) is 3.47. The van der Waals surface area contributed by atoms with Crippen LogP contribution in [0, 0.1) is 0 Å². The van der Waals surface area contributed by atoms with E-state index in [1.54, 1.807) is 0 Å². The summed E-state index contributed by atoms with van der Waals surface area (Å²) in [5.41, 5.74) is 0. The highest BCUT2D eigenvalue weighted by molar-refractivity contribution is 6.30. The molecule has 0 aromatic heterocycles. The highest BCUT2D eigenvalue weighted by atomic mass is 35.5. The summed E-state index contributed by atoms with van der Waals surface area (Å²) >= 11 is 11.1. The molecule has 1 rings (SSSR count). The number of rotatable bonds is 0. The van der Waals surface area contributed by atoms with Crippen LogP contribution in [-0.4, -0.2) is 55.6 Å². The van der Waals surface area contributed by atoms with Crippen LogP contribution in [-0.2, 0) is 0 Å². The molecule has 0 saturated heterocycles. The Morgan fingerprint density at radius 2 is 0.833 bits per heavy atom. The van der Waals surface area contributed by atoms with E-state index in [2.05, 4.69) is 0 Å². The minimum atomic E-state index is -1.45. The predicted octanol–water partition coefficient (Wildman–Crippen LogP) is -1.34. The maximum Gasteiger partial charge on any atom is 0.110 e. The van der Waals surface area contributed by atoms with Crippen molar-refractivity contribution in [3.8, 4) is 0 Å². The molecule has 4 N–H and O–H groups in total. The molecular formula is C6H10Cl2O4. The first kappa shape index (κ1) is 10.5. The summed E-state index contributed by atoms with van der Waals surface area (Å²) in [6.07, 6.45) is -5.52. The van der Waals surface area contributed by atoms with E-state index >= 15 is 0 Å².